The number of halogens is 2. The summed E-state index contributed by atoms with van der Waals surface area (Å²) in [5, 5.41) is 3.70. The van der Waals surface area contributed by atoms with Crippen LogP contribution in [0.1, 0.15) is 5.69 Å². The normalized spacial score (nSPS) is 11.5. The summed E-state index contributed by atoms with van der Waals surface area (Å²) < 4.78 is 35.7. The van der Waals surface area contributed by atoms with Gasteiger partial charge in [-0.25, -0.2) is 22.5 Å². The molecule has 9 nitrogen and oxygen atoms in total. The van der Waals surface area contributed by atoms with E-state index in [-0.39, 0.29) is 15.7 Å². The van der Waals surface area contributed by atoms with Gasteiger partial charge in [-0.05, 0) is 49.4 Å². The van der Waals surface area contributed by atoms with Crippen LogP contribution in [0.15, 0.2) is 47.4 Å². The summed E-state index contributed by atoms with van der Waals surface area (Å²) in [5.74, 6) is -1.22. The molecule has 0 spiro atoms. The molecule has 3 rings (SSSR count). The van der Waals surface area contributed by atoms with E-state index in [1.165, 1.54) is 44.4 Å². The van der Waals surface area contributed by atoms with Crippen LogP contribution in [0.25, 0.3) is 10.9 Å². The monoisotopic (exact) mass is 525 g/mol. The van der Waals surface area contributed by atoms with Gasteiger partial charge in [0.05, 0.1) is 14.9 Å². The van der Waals surface area contributed by atoms with Crippen LogP contribution in [0, 0.1) is 6.92 Å². The lowest BCUT2D eigenvalue weighted by atomic mass is 10.2. The predicted octanol–water partition coefficient (Wildman–Crippen LogP) is 3.66. The summed E-state index contributed by atoms with van der Waals surface area (Å²) >= 11 is 12.4. The number of aryl methyl sites for hydroxylation is 1. The Morgan fingerprint density at radius 2 is 1.71 bits per heavy atom. The van der Waals surface area contributed by atoms with Gasteiger partial charge in [0.2, 0.25) is 10.0 Å². The van der Waals surface area contributed by atoms with E-state index in [1.54, 1.807) is 19.1 Å². The van der Waals surface area contributed by atoms with Crippen molar-refractivity contribution in [2.75, 3.05) is 32.6 Å². The maximum atomic E-state index is 12.1. The number of aromatic nitrogens is 1. The highest BCUT2D eigenvalue weighted by Gasteiger charge is 2.18. The summed E-state index contributed by atoms with van der Waals surface area (Å²) in [5.41, 5.74) is 1.46. The maximum absolute atomic E-state index is 12.1. The SMILES string of the molecule is Cc1ccc2c(Cl)cc(Cl)c(OCC(=O)OCC(=O)Nc3ccc(S(=O)(=O)N(C)C)cc3)c2n1. The molecular formula is C22H21Cl2N3O6S. The number of nitrogens with one attached hydrogen (secondary N) is 1. The van der Waals surface area contributed by atoms with E-state index in [0.717, 1.165) is 4.31 Å². The Kier molecular flexibility index (Phi) is 7.98. The maximum Gasteiger partial charge on any atom is 0.344 e. The number of carbonyl (C=O) groups is 2. The van der Waals surface area contributed by atoms with Crippen LogP contribution in [0.4, 0.5) is 5.69 Å². The van der Waals surface area contributed by atoms with Gasteiger partial charge in [-0.1, -0.05) is 23.2 Å². The second-order valence-corrected chi connectivity index (χ2v) is 10.3. The lowest BCUT2D eigenvalue weighted by Gasteiger charge is -2.13. The van der Waals surface area contributed by atoms with Gasteiger partial charge >= 0.3 is 5.97 Å². The van der Waals surface area contributed by atoms with Crippen LogP contribution in [-0.2, 0) is 24.3 Å². The minimum absolute atomic E-state index is 0.0807. The van der Waals surface area contributed by atoms with E-state index in [9.17, 15) is 18.0 Å². The van der Waals surface area contributed by atoms with Crippen molar-refractivity contribution >= 4 is 61.7 Å². The number of hydrogen-bond donors (Lipinski definition) is 1. The summed E-state index contributed by atoms with van der Waals surface area (Å²) in [4.78, 5) is 28.6. The zero-order valence-electron chi connectivity index (χ0n) is 18.5. The summed E-state index contributed by atoms with van der Waals surface area (Å²) in [7, 11) is -0.737. The first-order valence-corrected chi connectivity index (χ1v) is 12.0. The standard InChI is InChI=1S/C22H21Cl2N3O6S/c1-13-4-9-16-17(23)10-18(24)22(21(16)25-13)33-12-20(29)32-11-19(28)26-14-5-7-15(8-6-14)34(30,31)27(2)3/h4-10H,11-12H2,1-3H3,(H,26,28). The van der Waals surface area contributed by atoms with Gasteiger partial charge < -0.3 is 14.8 Å². The topological polar surface area (TPSA) is 115 Å². The van der Waals surface area contributed by atoms with E-state index < -0.39 is 35.1 Å². The van der Waals surface area contributed by atoms with Crippen LogP contribution >= 0.6 is 23.2 Å². The van der Waals surface area contributed by atoms with Gasteiger partial charge in [-0.3, -0.25) is 4.79 Å². The quantitative estimate of drug-likeness (QED) is 0.446. The molecule has 0 bridgehead atoms. The Balaban J connectivity index is 1.56. The van der Waals surface area contributed by atoms with Crippen LogP contribution in [-0.4, -0.2) is 56.9 Å². The van der Waals surface area contributed by atoms with Gasteiger partial charge in [0.1, 0.15) is 5.52 Å². The number of rotatable bonds is 8. The first kappa shape index (κ1) is 25.7. The number of nitrogens with zero attached hydrogens (tertiary/aromatic N) is 2. The second kappa shape index (κ2) is 10.6. The van der Waals surface area contributed by atoms with Crippen LogP contribution in [0.5, 0.6) is 5.75 Å². The number of carbonyl (C=O) groups excluding carboxylic acids is 2. The van der Waals surface area contributed by atoms with Gasteiger partial charge in [0.25, 0.3) is 5.91 Å². The highest BCUT2D eigenvalue weighted by Crippen LogP contribution is 2.37. The highest BCUT2D eigenvalue weighted by atomic mass is 35.5. The molecular weight excluding hydrogens is 505 g/mol. The highest BCUT2D eigenvalue weighted by molar-refractivity contribution is 7.89. The number of fused-ring (bicyclic) bond motifs is 1. The molecule has 0 saturated carbocycles. The van der Waals surface area contributed by atoms with Crippen molar-refractivity contribution in [2.24, 2.45) is 0 Å². The molecule has 34 heavy (non-hydrogen) atoms. The zero-order valence-corrected chi connectivity index (χ0v) is 20.8. The molecule has 180 valence electrons. The van der Waals surface area contributed by atoms with Crippen molar-refractivity contribution in [1.29, 1.82) is 0 Å². The van der Waals surface area contributed by atoms with Crippen molar-refractivity contribution in [3.63, 3.8) is 0 Å². The number of hydrogen-bond acceptors (Lipinski definition) is 7. The van der Waals surface area contributed by atoms with E-state index >= 15 is 0 Å². The number of sulfonamides is 1. The third kappa shape index (κ3) is 5.95. The van der Waals surface area contributed by atoms with E-state index in [0.29, 0.717) is 27.3 Å². The Morgan fingerprint density at radius 3 is 2.35 bits per heavy atom. The molecule has 0 saturated heterocycles. The predicted molar refractivity (Wildman–Crippen MR) is 129 cm³/mol. The molecule has 0 unspecified atom stereocenters. The Bertz CT molecular complexity index is 1340. The first-order valence-electron chi connectivity index (χ1n) is 9.85. The molecule has 0 radical (unpaired) electrons. The minimum Gasteiger partial charge on any atom is -0.478 e. The Labute approximate surface area is 206 Å². The Hall–Kier alpha value is -2.92. The molecule has 1 N–H and O–H groups in total. The number of amides is 1. The van der Waals surface area contributed by atoms with Gasteiger partial charge in [-0.15, -0.1) is 0 Å². The molecule has 0 aliphatic heterocycles. The number of benzene rings is 2. The fourth-order valence-corrected chi connectivity index (χ4v) is 4.34. The van der Waals surface area contributed by atoms with Crippen molar-refractivity contribution in [1.82, 2.24) is 9.29 Å². The number of esters is 1. The summed E-state index contributed by atoms with van der Waals surface area (Å²) in [6, 6.07) is 10.6. The number of pyridine rings is 1. The fourth-order valence-electron chi connectivity index (χ4n) is 2.86. The third-order valence-corrected chi connectivity index (χ3v) is 7.02. The third-order valence-electron chi connectivity index (χ3n) is 4.59. The van der Waals surface area contributed by atoms with Crippen molar-refractivity contribution in [3.05, 3.63) is 58.2 Å². The Morgan fingerprint density at radius 1 is 1.03 bits per heavy atom. The number of ether oxygens (including phenoxy) is 2. The zero-order chi connectivity index (χ0) is 25.0. The van der Waals surface area contributed by atoms with Crippen LogP contribution < -0.4 is 10.1 Å². The van der Waals surface area contributed by atoms with Crippen LogP contribution in [0.3, 0.4) is 0 Å². The van der Waals surface area contributed by atoms with E-state index in [4.69, 9.17) is 32.7 Å². The molecule has 0 fully saturated rings. The van der Waals surface area contributed by atoms with E-state index in [1.807, 2.05) is 0 Å². The smallest absolute Gasteiger partial charge is 0.344 e. The molecule has 0 aliphatic carbocycles. The first-order chi connectivity index (χ1) is 16.0. The molecule has 1 heterocycles. The molecule has 1 aromatic heterocycles. The van der Waals surface area contributed by atoms with E-state index in [2.05, 4.69) is 10.3 Å². The molecule has 2 aromatic carbocycles. The van der Waals surface area contributed by atoms with Gasteiger partial charge in [-0.2, -0.15) is 0 Å². The molecule has 0 atom stereocenters. The number of anilines is 1. The molecule has 0 aliphatic rings. The minimum atomic E-state index is -3.58. The molecule has 12 heteroatoms. The lowest BCUT2D eigenvalue weighted by molar-refractivity contribution is -0.149. The summed E-state index contributed by atoms with van der Waals surface area (Å²) in [6.07, 6.45) is 0. The second-order valence-electron chi connectivity index (χ2n) is 7.33. The van der Waals surface area contributed by atoms with Crippen molar-refractivity contribution in [2.45, 2.75) is 11.8 Å². The largest absolute Gasteiger partial charge is 0.478 e. The fraction of sp³-hybridized carbons (Fsp3) is 0.227. The summed E-state index contributed by atoms with van der Waals surface area (Å²) in [6.45, 7) is 0.725. The molecule has 3 aromatic rings. The molecule has 1 amide bonds. The average Bonchev–Trinajstić information content (AvgIpc) is 2.77. The van der Waals surface area contributed by atoms with Gasteiger partial charge in [0.15, 0.2) is 19.0 Å². The van der Waals surface area contributed by atoms with Crippen molar-refractivity contribution in [3.8, 4) is 5.75 Å². The van der Waals surface area contributed by atoms with Crippen LogP contribution in [0.2, 0.25) is 10.0 Å². The lowest BCUT2D eigenvalue weighted by Crippen LogP contribution is -2.24. The average molecular weight is 526 g/mol. The van der Waals surface area contributed by atoms with Gasteiger partial charge in [0, 0.05) is 30.9 Å². The van der Waals surface area contributed by atoms with Crippen molar-refractivity contribution < 1.29 is 27.5 Å².